The average molecular weight is 301 g/mol. The summed E-state index contributed by atoms with van der Waals surface area (Å²) in [7, 11) is 2.12. The van der Waals surface area contributed by atoms with Gasteiger partial charge in [0.1, 0.15) is 5.82 Å². The van der Waals surface area contributed by atoms with Crippen molar-refractivity contribution >= 4 is 5.95 Å². The molecular formula is C15H23N7. The van der Waals surface area contributed by atoms with Crippen LogP contribution in [0, 0.1) is 0 Å². The average Bonchev–Trinajstić information content (AvgIpc) is 2.77. The van der Waals surface area contributed by atoms with Crippen molar-refractivity contribution in [2.45, 2.75) is 45.9 Å². The first-order valence-corrected chi connectivity index (χ1v) is 7.78. The van der Waals surface area contributed by atoms with Crippen molar-refractivity contribution in [1.29, 1.82) is 0 Å². The highest BCUT2D eigenvalue weighted by Gasteiger charge is 2.21. The van der Waals surface area contributed by atoms with Crippen LogP contribution in [-0.2, 0) is 19.6 Å². The van der Waals surface area contributed by atoms with E-state index in [-0.39, 0.29) is 0 Å². The number of nitrogens with zero attached hydrogens (tertiary/aromatic N) is 7. The van der Waals surface area contributed by atoms with Gasteiger partial charge in [-0.1, -0.05) is 0 Å². The molecule has 0 N–H and O–H groups in total. The molecule has 7 nitrogen and oxygen atoms in total. The Morgan fingerprint density at radius 2 is 1.95 bits per heavy atom. The Morgan fingerprint density at radius 3 is 2.68 bits per heavy atom. The van der Waals surface area contributed by atoms with Crippen LogP contribution in [0.5, 0.6) is 0 Å². The highest BCUT2D eigenvalue weighted by Crippen LogP contribution is 2.17. The maximum atomic E-state index is 4.39. The molecule has 0 aliphatic carbocycles. The zero-order valence-corrected chi connectivity index (χ0v) is 13.5. The lowest BCUT2D eigenvalue weighted by atomic mass is 10.3. The van der Waals surface area contributed by atoms with E-state index in [1.807, 2.05) is 6.07 Å². The van der Waals surface area contributed by atoms with E-state index in [0.29, 0.717) is 12.6 Å². The standard InChI is InChI=1S/C15H23N7/c1-12(2)20(3)10-13-18-19-14-11-21(8-5-9-22(13)14)15-16-6-4-7-17-15/h4,6-7,12H,5,8-11H2,1-3H3. The summed E-state index contributed by atoms with van der Waals surface area (Å²) in [4.78, 5) is 13.1. The maximum Gasteiger partial charge on any atom is 0.225 e. The van der Waals surface area contributed by atoms with Crippen LogP contribution >= 0.6 is 0 Å². The van der Waals surface area contributed by atoms with Crippen LogP contribution in [0.15, 0.2) is 18.5 Å². The van der Waals surface area contributed by atoms with Crippen LogP contribution < -0.4 is 4.90 Å². The van der Waals surface area contributed by atoms with Gasteiger partial charge in [-0.05, 0) is 33.4 Å². The Morgan fingerprint density at radius 1 is 1.18 bits per heavy atom. The van der Waals surface area contributed by atoms with Gasteiger partial charge in [0.25, 0.3) is 0 Å². The first-order valence-electron chi connectivity index (χ1n) is 7.78. The monoisotopic (exact) mass is 301 g/mol. The second-order valence-corrected chi connectivity index (χ2v) is 6.02. The summed E-state index contributed by atoms with van der Waals surface area (Å²) < 4.78 is 2.25. The van der Waals surface area contributed by atoms with E-state index >= 15 is 0 Å². The molecule has 0 radical (unpaired) electrons. The smallest absolute Gasteiger partial charge is 0.225 e. The minimum Gasteiger partial charge on any atom is -0.333 e. The summed E-state index contributed by atoms with van der Waals surface area (Å²) in [5.41, 5.74) is 0. The predicted octanol–water partition coefficient (Wildman–Crippen LogP) is 1.32. The Balaban J connectivity index is 1.79. The summed E-state index contributed by atoms with van der Waals surface area (Å²) in [6.45, 7) is 7.80. The normalized spacial score (nSPS) is 15.2. The van der Waals surface area contributed by atoms with Gasteiger partial charge in [0.2, 0.25) is 5.95 Å². The van der Waals surface area contributed by atoms with E-state index in [4.69, 9.17) is 0 Å². The van der Waals surface area contributed by atoms with Gasteiger partial charge in [-0.15, -0.1) is 10.2 Å². The van der Waals surface area contributed by atoms with E-state index < -0.39 is 0 Å². The van der Waals surface area contributed by atoms with Gasteiger partial charge in [-0.3, -0.25) is 4.90 Å². The van der Waals surface area contributed by atoms with Gasteiger partial charge in [-0.2, -0.15) is 0 Å². The third kappa shape index (κ3) is 3.09. The molecule has 0 spiro atoms. The first-order chi connectivity index (χ1) is 10.6. The fraction of sp³-hybridized carbons (Fsp3) is 0.600. The van der Waals surface area contributed by atoms with Gasteiger partial charge in [-0.25, -0.2) is 9.97 Å². The fourth-order valence-corrected chi connectivity index (χ4v) is 2.56. The van der Waals surface area contributed by atoms with Crippen molar-refractivity contribution in [2.75, 3.05) is 18.5 Å². The largest absolute Gasteiger partial charge is 0.333 e. The lowest BCUT2D eigenvalue weighted by Gasteiger charge is -2.20. The number of fused-ring (bicyclic) bond motifs is 1. The molecule has 7 heteroatoms. The highest BCUT2D eigenvalue weighted by atomic mass is 15.4. The molecule has 3 rings (SSSR count). The molecule has 118 valence electrons. The van der Waals surface area contributed by atoms with E-state index in [9.17, 15) is 0 Å². The molecule has 0 bridgehead atoms. The molecule has 2 aromatic rings. The Hall–Kier alpha value is -2.02. The van der Waals surface area contributed by atoms with Gasteiger partial charge in [0, 0.05) is 31.5 Å². The quantitative estimate of drug-likeness (QED) is 0.848. The fourth-order valence-electron chi connectivity index (χ4n) is 2.56. The second-order valence-electron chi connectivity index (χ2n) is 6.02. The third-order valence-corrected chi connectivity index (χ3v) is 4.15. The minimum absolute atomic E-state index is 0.493. The Bertz CT molecular complexity index is 608. The third-order valence-electron chi connectivity index (χ3n) is 4.15. The van der Waals surface area contributed by atoms with Crippen LogP contribution in [0.3, 0.4) is 0 Å². The van der Waals surface area contributed by atoms with E-state index in [1.165, 1.54) is 0 Å². The summed E-state index contributed by atoms with van der Waals surface area (Å²) in [5.74, 6) is 2.80. The van der Waals surface area contributed by atoms with Crippen molar-refractivity contribution in [3.8, 4) is 0 Å². The van der Waals surface area contributed by atoms with Crippen LogP contribution in [0.1, 0.15) is 31.9 Å². The molecule has 0 saturated carbocycles. The molecule has 0 unspecified atom stereocenters. The first kappa shape index (κ1) is 14.9. The van der Waals surface area contributed by atoms with Crippen molar-refractivity contribution in [2.24, 2.45) is 0 Å². The van der Waals surface area contributed by atoms with Crippen molar-refractivity contribution in [3.63, 3.8) is 0 Å². The molecule has 0 aromatic carbocycles. The van der Waals surface area contributed by atoms with Crippen molar-refractivity contribution in [1.82, 2.24) is 29.6 Å². The second kappa shape index (κ2) is 6.39. The number of hydrogen-bond acceptors (Lipinski definition) is 6. The predicted molar refractivity (Wildman–Crippen MR) is 84.3 cm³/mol. The molecule has 1 aliphatic rings. The van der Waals surface area contributed by atoms with E-state index in [2.05, 4.69) is 55.4 Å². The number of hydrogen-bond donors (Lipinski definition) is 0. The van der Waals surface area contributed by atoms with Gasteiger partial charge >= 0.3 is 0 Å². The minimum atomic E-state index is 0.493. The number of rotatable bonds is 4. The lowest BCUT2D eigenvalue weighted by molar-refractivity contribution is 0.255. The summed E-state index contributed by atoms with van der Waals surface area (Å²) >= 11 is 0. The number of aromatic nitrogens is 5. The van der Waals surface area contributed by atoms with Crippen LogP contribution in [0.25, 0.3) is 0 Å². The summed E-state index contributed by atoms with van der Waals surface area (Å²) in [6.07, 6.45) is 4.60. The molecular weight excluding hydrogens is 278 g/mol. The van der Waals surface area contributed by atoms with Gasteiger partial charge < -0.3 is 9.47 Å². The van der Waals surface area contributed by atoms with E-state index in [1.54, 1.807) is 12.4 Å². The number of anilines is 1. The van der Waals surface area contributed by atoms with Crippen LogP contribution in [0.4, 0.5) is 5.95 Å². The topological polar surface area (TPSA) is 63.0 Å². The lowest BCUT2D eigenvalue weighted by Crippen LogP contribution is -2.27. The molecule has 3 heterocycles. The Kier molecular flexibility index (Phi) is 4.33. The molecule has 0 fully saturated rings. The summed E-state index contributed by atoms with van der Waals surface area (Å²) in [6, 6.07) is 2.33. The van der Waals surface area contributed by atoms with Gasteiger partial charge in [0.05, 0.1) is 13.1 Å². The maximum absolute atomic E-state index is 4.39. The summed E-state index contributed by atoms with van der Waals surface area (Å²) in [5, 5.41) is 8.79. The van der Waals surface area contributed by atoms with Crippen molar-refractivity contribution in [3.05, 3.63) is 30.1 Å². The zero-order valence-electron chi connectivity index (χ0n) is 13.5. The highest BCUT2D eigenvalue weighted by molar-refractivity contribution is 5.29. The Labute approximate surface area is 131 Å². The molecule has 0 saturated heterocycles. The molecule has 1 aliphatic heterocycles. The molecule has 22 heavy (non-hydrogen) atoms. The van der Waals surface area contributed by atoms with Crippen LogP contribution in [-0.4, -0.2) is 49.3 Å². The zero-order chi connectivity index (χ0) is 15.5. The van der Waals surface area contributed by atoms with Crippen molar-refractivity contribution < 1.29 is 0 Å². The molecule has 0 amide bonds. The van der Waals surface area contributed by atoms with Gasteiger partial charge in [0.15, 0.2) is 5.82 Å². The van der Waals surface area contributed by atoms with Crippen LogP contribution in [0.2, 0.25) is 0 Å². The van der Waals surface area contributed by atoms with E-state index in [0.717, 1.165) is 43.7 Å². The SMILES string of the molecule is CC(C)N(C)Cc1nnc2n1CCCN(c1ncccn1)C2. The molecule has 0 atom stereocenters. The molecule has 2 aromatic heterocycles.